The molecule has 0 saturated carbocycles. The zero-order valence-electron chi connectivity index (χ0n) is 16.2. The summed E-state index contributed by atoms with van der Waals surface area (Å²) in [7, 11) is 0. The van der Waals surface area contributed by atoms with E-state index in [9.17, 15) is 19.8 Å². The van der Waals surface area contributed by atoms with Crippen LogP contribution in [-0.2, 0) is 6.42 Å². The predicted octanol–water partition coefficient (Wildman–Crippen LogP) is 5.47. The number of rotatable bonds is 8. The highest BCUT2D eigenvalue weighted by Gasteiger charge is 2.17. The minimum Gasteiger partial charge on any atom is -0.507 e. The molecule has 1 rings (SSSR count). The Hall–Kier alpha value is -2.62. The van der Waals surface area contributed by atoms with Crippen molar-refractivity contribution in [2.24, 2.45) is 0 Å². The van der Waals surface area contributed by atoms with Crippen molar-refractivity contribution < 1.29 is 19.8 Å². The van der Waals surface area contributed by atoms with Crippen LogP contribution in [0.3, 0.4) is 0 Å². The number of ketones is 1. The van der Waals surface area contributed by atoms with Crippen molar-refractivity contribution in [2.45, 2.75) is 53.9 Å². The van der Waals surface area contributed by atoms with Gasteiger partial charge in [-0.15, -0.1) is 0 Å². The van der Waals surface area contributed by atoms with Gasteiger partial charge in [0.05, 0.1) is 11.1 Å². The Kier molecular flexibility index (Phi) is 8.04. The Morgan fingerprint density at radius 1 is 1.00 bits per heavy atom. The van der Waals surface area contributed by atoms with Crippen LogP contribution < -0.4 is 0 Å². The molecule has 0 aliphatic heterocycles. The molecule has 4 nitrogen and oxygen atoms in total. The molecule has 0 amide bonds. The second kappa shape index (κ2) is 9.76. The van der Waals surface area contributed by atoms with Crippen molar-refractivity contribution in [2.75, 3.05) is 0 Å². The van der Waals surface area contributed by atoms with Crippen LogP contribution in [0, 0.1) is 0 Å². The Morgan fingerprint density at radius 3 is 2.15 bits per heavy atom. The minimum atomic E-state index is -1.12. The summed E-state index contributed by atoms with van der Waals surface area (Å²) < 4.78 is 0. The van der Waals surface area contributed by atoms with E-state index in [1.807, 2.05) is 40.7 Å². The number of benzene rings is 1. The fourth-order valence-corrected chi connectivity index (χ4v) is 2.44. The number of phenolic OH excluding ortho intramolecular Hbond substituents is 1. The lowest BCUT2D eigenvalue weighted by Crippen LogP contribution is -2.05. The molecule has 0 spiro atoms. The summed E-state index contributed by atoms with van der Waals surface area (Å²) in [5.74, 6) is -1.65. The second-order valence-electron chi connectivity index (χ2n) is 7.00. The van der Waals surface area contributed by atoms with Gasteiger partial charge < -0.3 is 10.2 Å². The molecule has 1 aromatic carbocycles. The first kappa shape index (κ1) is 21.4. The number of allylic oxidation sites excluding steroid dienone is 6. The smallest absolute Gasteiger partial charge is 0.335 e. The lowest BCUT2D eigenvalue weighted by Gasteiger charge is -2.09. The van der Waals surface area contributed by atoms with Crippen LogP contribution in [0.25, 0.3) is 0 Å². The van der Waals surface area contributed by atoms with Crippen LogP contribution in [0.2, 0.25) is 0 Å². The Labute approximate surface area is 155 Å². The highest BCUT2D eigenvalue weighted by Crippen LogP contribution is 2.27. The molecule has 0 unspecified atom stereocenters. The van der Waals surface area contributed by atoms with E-state index < -0.39 is 5.97 Å². The van der Waals surface area contributed by atoms with Crippen molar-refractivity contribution in [3.8, 4) is 5.75 Å². The molecule has 0 aliphatic rings. The summed E-state index contributed by atoms with van der Waals surface area (Å²) in [5.41, 5.74) is 3.62. The zero-order valence-corrected chi connectivity index (χ0v) is 16.2. The van der Waals surface area contributed by atoms with Crippen LogP contribution >= 0.6 is 0 Å². The van der Waals surface area contributed by atoms with Gasteiger partial charge in [-0.2, -0.15) is 0 Å². The summed E-state index contributed by atoms with van der Waals surface area (Å²) in [6.45, 7) is 9.74. The van der Waals surface area contributed by atoms with E-state index in [4.69, 9.17) is 0 Å². The van der Waals surface area contributed by atoms with Crippen LogP contribution in [0.15, 0.2) is 47.1 Å². The standard InChI is InChI=1S/C22H28O4/c1-14(2)7-6-8-16(5)11-20(23)19-13-18(22(25)26)12-17(21(19)24)10-9-15(3)4/h7,9,11-13,24H,6,8,10H2,1-5H3,(H,25,26). The first-order valence-electron chi connectivity index (χ1n) is 8.69. The van der Waals surface area contributed by atoms with Gasteiger partial charge in [-0.05, 0) is 77.7 Å². The van der Waals surface area contributed by atoms with Crippen molar-refractivity contribution >= 4 is 11.8 Å². The molecule has 0 aliphatic carbocycles. The molecule has 0 atom stereocenters. The van der Waals surface area contributed by atoms with E-state index in [1.165, 1.54) is 23.8 Å². The maximum Gasteiger partial charge on any atom is 0.335 e. The molecule has 0 bridgehead atoms. The predicted molar refractivity (Wildman–Crippen MR) is 105 cm³/mol. The number of phenols is 1. The number of carboxylic acid groups (broad SMARTS) is 1. The average molecular weight is 356 g/mol. The fraction of sp³-hybridized carbons (Fsp3) is 0.364. The number of carboxylic acids is 1. The molecule has 0 heterocycles. The molecular formula is C22H28O4. The first-order valence-corrected chi connectivity index (χ1v) is 8.69. The third-order valence-corrected chi connectivity index (χ3v) is 3.90. The number of hydrogen-bond acceptors (Lipinski definition) is 3. The van der Waals surface area contributed by atoms with Gasteiger partial charge in [0.15, 0.2) is 5.78 Å². The lowest BCUT2D eigenvalue weighted by molar-refractivity contribution is 0.0696. The third kappa shape index (κ3) is 6.71. The Balaban J connectivity index is 3.20. The van der Waals surface area contributed by atoms with Gasteiger partial charge in [0.25, 0.3) is 0 Å². The number of carbonyl (C=O) groups is 2. The van der Waals surface area contributed by atoms with Gasteiger partial charge in [0, 0.05) is 0 Å². The van der Waals surface area contributed by atoms with Gasteiger partial charge in [-0.3, -0.25) is 4.79 Å². The Bertz CT molecular complexity index is 772. The molecule has 26 heavy (non-hydrogen) atoms. The van der Waals surface area contributed by atoms with Crippen LogP contribution in [-0.4, -0.2) is 22.0 Å². The number of aromatic hydroxyl groups is 1. The van der Waals surface area contributed by atoms with Gasteiger partial charge in [0.1, 0.15) is 5.75 Å². The topological polar surface area (TPSA) is 74.6 Å². The fourth-order valence-electron chi connectivity index (χ4n) is 2.44. The van der Waals surface area contributed by atoms with E-state index in [1.54, 1.807) is 0 Å². The van der Waals surface area contributed by atoms with Crippen molar-refractivity contribution in [1.82, 2.24) is 0 Å². The SMILES string of the molecule is CC(C)=CCCC(C)=CC(=O)c1cc(C(=O)O)cc(CC=C(C)C)c1O. The van der Waals surface area contributed by atoms with E-state index in [-0.39, 0.29) is 22.7 Å². The third-order valence-electron chi connectivity index (χ3n) is 3.90. The number of aromatic carboxylic acids is 1. The summed E-state index contributed by atoms with van der Waals surface area (Å²) in [5, 5.41) is 19.8. The Morgan fingerprint density at radius 2 is 1.62 bits per heavy atom. The normalized spacial score (nSPS) is 11.0. The first-order chi connectivity index (χ1) is 12.1. The summed E-state index contributed by atoms with van der Waals surface area (Å²) in [6, 6.07) is 2.66. The monoisotopic (exact) mass is 356 g/mol. The highest BCUT2D eigenvalue weighted by atomic mass is 16.4. The van der Waals surface area contributed by atoms with Crippen LogP contribution in [0.5, 0.6) is 5.75 Å². The minimum absolute atomic E-state index is 0.00102. The highest BCUT2D eigenvalue weighted by molar-refractivity contribution is 6.08. The van der Waals surface area contributed by atoms with E-state index in [0.29, 0.717) is 12.0 Å². The molecule has 1 aromatic rings. The maximum absolute atomic E-state index is 12.6. The van der Waals surface area contributed by atoms with Crippen LogP contribution in [0.4, 0.5) is 0 Å². The average Bonchev–Trinajstić information content (AvgIpc) is 2.52. The molecule has 0 radical (unpaired) electrons. The largest absolute Gasteiger partial charge is 0.507 e. The van der Waals surface area contributed by atoms with Crippen LogP contribution in [0.1, 0.15) is 73.7 Å². The quantitative estimate of drug-likeness (QED) is 0.368. The van der Waals surface area contributed by atoms with Crippen molar-refractivity contribution in [1.29, 1.82) is 0 Å². The molecule has 140 valence electrons. The van der Waals surface area contributed by atoms with Crippen molar-refractivity contribution in [3.63, 3.8) is 0 Å². The molecule has 0 aromatic heterocycles. The maximum atomic E-state index is 12.6. The van der Waals surface area contributed by atoms with Gasteiger partial charge >= 0.3 is 5.97 Å². The second-order valence-corrected chi connectivity index (χ2v) is 7.00. The van der Waals surface area contributed by atoms with E-state index in [2.05, 4.69) is 6.08 Å². The molecule has 4 heteroatoms. The molecular weight excluding hydrogens is 328 g/mol. The van der Waals surface area contributed by atoms with Gasteiger partial charge in [-0.25, -0.2) is 4.79 Å². The molecule has 2 N–H and O–H groups in total. The summed E-state index contributed by atoms with van der Waals surface area (Å²) >= 11 is 0. The molecule has 0 fully saturated rings. The zero-order chi connectivity index (χ0) is 19.9. The van der Waals surface area contributed by atoms with E-state index >= 15 is 0 Å². The summed E-state index contributed by atoms with van der Waals surface area (Å²) in [6.07, 6.45) is 7.41. The van der Waals surface area contributed by atoms with E-state index in [0.717, 1.165) is 24.0 Å². The summed E-state index contributed by atoms with van der Waals surface area (Å²) in [4.78, 5) is 24.0. The van der Waals surface area contributed by atoms with Gasteiger partial charge in [0.2, 0.25) is 0 Å². The molecule has 0 saturated heterocycles. The van der Waals surface area contributed by atoms with Crippen molar-refractivity contribution in [3.05, 3.63) is 63.8 Å². The number of carbonyl (C=O) groups excluding carboxylic acids is 1. The van der Waals surface area contributed by atoms with Gasteiger partial charge in [-0.1, -0.05) is 28.9 Å². The number of hydrogen-bond donors (Lipinski definition) is 2. The lowest BCUT2D eigenvalue weighted by atomic mass is 9.97.